The van der Waals surface area contributed by atoms with E-state index in [1.165, 1.54) is 18.4 Å². The fourth-order valence-corrected chi connectivity index (χ4v) is 2.33. The largest absolute Gasteiger partial charge is 0.344 e. The first-order valence-electron chi connectivity index (χ1n) is 5.23. The van der Waals surface area contributed by atoms with Gasteiger partial charge in [-0.2, -0.15) is 0 Å². The lowest BCUT2D eigenvalue weighted by Crippen LogP contribution is -2.36. The normalized spacial score (nSPS) is 26.8. The molecule has 0 unspecified atom stereocenters. The molecule has 2 heteroatoms. The van der Waals surface area contributed by atoms with E-state index < -0.39 is 0 Å². The first-order valence-corrected chi connectivity index (χ1v) is 5.23. The standard InChI is InChI=1S/C11H18O2/c1-9(2)10-5-3-4-6-11(10)12-7-8-13-11/h5,9H,3-4,6-8H2,1-2H3. The Morgan fingerprint density at radius 1 is 1.31 bits per heavy atom. The van der Waals surface area contributed by atoms with Gasteiger partial charge in [0.15, 0.2) is 5.79 Å². The van der Waals surface area contributed by atoms with Gasteiger partial charge in [0.05, 0.1) is 13.2 Å². The lowest BCUT2D eigenvalue weighted by molar-refractivity contribution is -0.139. The average Bonchev–Trinajstić information content (AvgIpc) is 2.54. The zero-order valence-corrected chi connectivity index (χ0v) is 8.51. The van der Waals surface area contributed by atoms with E-state index in [0.29, 0.717) is 5.92 Å². The Balaban J connectivity index is 2.24. The maximum Gasteiger partial charge on any atom is 0.191 e. The molecular weight excluding hydrogens is 164 g/mol. The zero-order valence-electron chi connectivity index (χ0n) is 8.51. The second kappa shape index (κ2) is 3.43. The molecule has 0 bridgehead atoms. The minimum absolute atomic E-state index is 0.327. The van der Waals surface area contributed by atoms with Crippen molar-refractivity contribution in [3.8, 4) is 0 Å². The van der Waals surface area contributed by atoms with Crippen molar-refractivity contribution in [1.82, 2.24) is 0 Å². The summed E-state index contributed by atoms with van der Waals surface area (Å²) in [5.41, 5.74) is 1.36. The molecule has 0 saturated carbocycles. The number of ether oxygens (including phenoxy) is 2. The molecule has 0 aromatic heterocycles. The first kappa shape index (κ1) is 9.22. The van der Waals surface area contributed by atoms with Gasteiger partial charge in [-0.3, -0.25) is 0 Å². The predicted molar refractivity (Wildman–Crippen MR) is 51.4 cm³/mol. The summed E-state index contributed by atoms with van der Waals surface area (Å²) in [6.07, 6.45) is 5.72. The minimum Gasteiger partial charge on any atom is -0.344 e. The van der Waals surface area contributed by atoms with Gasteiger partial charge in [0.25, 0.3) is 0 Å². The highest BCUT2D eigenvalue weighted by atomic mass is 16.7. The number of rotatable bonds is 1. The van der Waals surface area contributed by atoms with Crippen LogP contribution >= 0.6 is 0 Å². The summed E-state index contributed by atoms with van der Waals surface area (Å²) in [5, 5.41) is 0. The topological polar surface area (TPSA) is 18.5 Å². The predicted octanol–water partition coefficient (Wildman–Crippen LogP) is 2.50. The molecule has 13 heavy (non-hydrogen) atoms. The fraction of sp³-hybridized carbons (Fsp3) is 0.818. The third-order valence-electron chi connectivity index (χ3n) is 2.89. The van der Waals surface area contributed by atoms with Gasteiger partial charge in [-0.15, -0.1) is 0 Å². The minimum atomic E-state index is -0.327. The second-order valence-corrected chi connectivity index (χ2v) is 4.16. The molecule has 0 amide bonds. The molecule has 2 nitrogen and oxygen atoms in total. The molecule has 0 atom stereocenters. The molecular formula is C11H18O2. The molecule has 1 saturated heterocycles. The molecule has 1 aliphatic heterocycles. The van der Waals surface area contributed by atoms with E-state index in [9.17, 15) is 0 Å². The van der Waals surface area contributed by atoms with Gasteiger partial charge < -0.3 is 9.47 Å². The summed E-state index contributed by atoms with van der Waals surface area (Å²) in [4.78, 5) is 0. The van der Waals surface area contributed by atoms with Gasteiger partial charge >= 0.3 is 0 Å². The van der Waals surface area contributed by atoms with E-state index in [1.54, 1.807) is 0 Å². The van der Waals surface area contributed by atoms with Crippen molar-refractivity contribution in [3.05, 3.63) is 11.6 Å². The maximum atomic E-state index is 5.76. The summed E-state index contributed by atoms with van der Waals surface area (Å²) in [6.45, 7) is 5.93. The van der Waals surface area contributed by atoms with Gasteiger partial charge in [-0.25, -0.2) is 0 Å². The molecule has 1 fully saturated rings. The lowest BCUT2D eigenvalue weighted by atomic mass is 9.86. The van der Waals surface area contributed by atoms with Crippen molar-refractivity contribution >= 4 is 0 Å². The van der Waals surface area contributed by atoms with Crippen LogP contribution in [0.3, 0.4) is 0 Å². The number of allylic oxidation sites excluding steroid dienone is 1. The fourth-order valence-electron chi connectivity index (χ4n) is 2.33. The van der Waals surface area contributed by atoms with Crippen LogP contribution in [0.25, 0.3) is 0 Å². The van der Waals surface area contributed by atoms with Gasteiger partial charge in [-0.1, -0.05) is 19.9 Å². The highest BCUT2D eigenvalue weighted by molar-refractivity contribution is 5.19. The van der Waals surface area contributed by atoms with E-state index in [0.717, 1.165) is 19.6 Å². The first-order chi connectivity index (χ1) is 6.25. The Kier molecular flexibility index (Phi) is 2.43. The molecule has 74 valence electrons. The van der Waals surface area contributed by atoms with Gasteiger partial charge in [0, 0.05) is 6.42 Å². The van der Waals surface area contributed by atoms with Crippen LogP contribution in [0.4, 0.5) is 0 Å². The smallest absolute Gasteiger partial charge is 0.191 e. The van der Waals surface area contributed by atoms with E-state index in [-0.39, 0.29) is 5.79 Å². The maximum absolute atomic E-state index is 5.76. The summed E-state index contributed by atoms with van der Waals surface area (Å²) in [7, 11) is 0. The molecule has 2 rings (SSSR count). The molecule has 1 heterocycles. The van der Waals surface area contributed by atoms with Crippen molar-refractivity contribution in [2.24, 2.45) is 5.92 Å². The quantitative estimate of drug-likeness (QED) is 0.580. The van der Waals surface area contributed by atoms with Crippen LogP contribution in [-0.2, 0) is 9.47 Å². The summed E-state index contributed by atoms with van der Waals surface area (Å²) < 4.78 is 11.5. The van der Waals surface area contributed by atoms with E-state index in [1.807, 2.05) is 0 Å². The molecule has 0 radical (unpaired) electrons. The van der Waals surface area contributed by atoms with Crippen LogP contribution in [0, 0.1) is 5.92 Å². The van der Waals surface area contributed by atoms with Crippen molar-refractivity contribution in [2.45, 2.75) is 38.9 Å². The van der Waals surface area contributed by atoms with Crippen LogP contribution in [0.1, 0.15) is 33.1 Å². The Morgan fingerprint density at radius 3 is 2.62 bits per heavy atom. The molecule has 1 aliphatic carbocycles. The Hall–Kier alpha value is -0.340. The molecule has 0 aromatic carbocycles. The molecule has 1 spiro atoms. The van der Waals surface area contributed by atoms with E-state index >= 15 is 0 Å². The number of hydrogen-bond acceptors (Lipinski definition) is 2. The lowest BCUT2D eigenvalue weighted by Gasteiger charge is -2.35. The van der Waals surface area contributed by atoms with E-state index in [2.05, 4.69) is 19.9 Å². The van der Waals surface area contributed by atoms with Crippen LogP contribution in [0.2, 0.25) is 0 Å². The van der Waals surface area contributed by atoms with Crippen molar-refractivity contribution < 1.29 is 9.47 Å². The molecule has 2 aliphatic rings. The Morgan fingerprint density at radius 2 is 2.00 bits per heavy atom. The Bertz CT molecular complexity index is 212. The van der Waals surface area contributed by atoms with Crippen molar-refractivity contribution in [1.29, 1.82) is 0 Å². The molecule has 0 aromatic rings. The Labute approximate surface area is 79.9 Å². The summed E-state index contributed by atoms with van der Waals surface area (Å²) in [5.74, 6) is 0.213. The third-order valence-corrected chi connectivity index (χ3v) is 2.89. The van der Waals surface area contributed by atoms with Gasteiger partial charge in [-0.05, 0) is 24.3 Å². The van der Waals surface area contributed by atoms with Crippen LogP contribution in [0.15, 0.2) is 11.6 Å². The summed E-state index contributed by atoms with van der Waals surface area (Å²) >= 11 is 0. The SMILES string of the molecule is CC(C)C1=CCCCC12OCCO2. The monoisotopic (exact) mass is 182 g/mol. The van der Waals surface area contributed by atoms with E-state index in [4.69, 9.17) is 9.47 Å². The zero-order chi connectivity index (χ0) is 9.31. The second-order valence-electron chi connectivity index (χ2n) is 4.16. The van der Waals surface area contributed by atoms with Gasteiger partial charge in [0.2, 0.25) is 0 Å². The van der Waals surface area contributed by atoms with Crippen molar-refractivity contribution in [3.63, 3.8) is 0 Å². The highest BCUT2D eigenvalue weighted by Gasteiger charge is 2.42. The molecule has 0 N–H and O–H groups in total. The highest BCUT2D eigenvalue weighted by Crippen LogP contribution is 2.40. The van der Waals surface area contributed by atoms with Crippen LogP contribution in [-0.4, -0.2) is 19.0 Å². The number of hydrogen-bond donors (Lipinski definition) is 0. The summed E-state index contributed by atoms with van der Waals surface area (Å²) in [6, 6.07) is 0. The van der Waals surface area contributed by atoms with Crippen LogP contribution in [0.5, 0.6) is 0 Å². The van der Waals surface area contributed by atoms with Gasteiger partial charge in [0.1, 0.15) is 0 Å². The van der Waals surface area contributed by atoms with Crippen LogP contribution < -0.4 is 0 Å². The third kappa shape index (κ3) is 1.53. The van der Waals surface area contributed by atoms with Crippen molar-refractivity contribution in [2.75, 3.05) is 13.2 Å². The average molecular weight is 182 g/mol.